The van der Waals surface area contributed by atoms with Crippen LogP contribution in [0.5, 0.6) is 5.75 Å². The number of anilines is 1. The maximum atomic E-state index is 13.1. The van der Waals surface area contributed by atoms with Crippen LogP contribution in [0.25, 0.3) is 5.65 Å². The van der Waals surface area contributed by atoms with E-state index in [1.54, 1.807) is 6.07 Å². The molecule has 1 N–H and O–H groups in total. The SMILES string of the molecule is CC(C)Oc1cccc(C(C)NC(=O)C2CCN(c3ccc4nnc(C(F)(F)F)n4n3)CC2)c1. The Bertz CT molecular complexity index is 1160. The molecule has 34 heavy (non-hydrogen) atoms. The second-order valence-corrected chi connectivity index (χ2v) is 8.71. The van der Waals surface area contributed by atoms with E-state index in [4.69, 9.17) is 4.74 Å². The van der Waals surface area contributed by atoms with Crippen LogP contribution < -0.4 is 15.0 Å². The van der Waals surface area contributed by atoms with Crippen LogP contribution >= 0.6 is 0 Å². The lowest BCUT2D eigenvalue weighted by Crippen LogP contribution is -2.41. The number of benzene rings is 1. The van der Waals surface area contributed by atoms with Gasteiger partial charge >= 0.3 is 6.18 Å². The van der Waals surface area contributed by atoms with Gasteiger partial charge in [0.2, 0.25) is 5.91 Å². The van der Waals surface area contributed by atoms with Crippen molar-refractivity contribution in [3.8, 4) is 5.75 Å². The molecule has 0 spiro atoms. The van der Waals surface area contributed by atoms with Gasteiger partial charge in [-0.2, -0.15) is 17.7 Å². The van der Waals surface area contributed by atoms with Gasteiger partial charge < -0.3 is 15.0 Å². The molecule has 1 amide bonds. The average molecular weight is 477 g/mol. The number of piperidine rings is 1. The van der Waals surface area contributed by atoms with E-state index in [0.29, 0.717) is 36.3 Å². The monoisotopic (exact) mass is 476 g/mol. The Morgan fingerprint density at radius 2 is 1.85 bits per heavy atom. The molecule has 2 aromatic heterocycles. The summed E-state index contributed by atoms with van der Waals surface area (Å²) in [5.74, 6) is -0.224. The van der Waals surface area contributed by atoms with E-state index >= 15 is 0 Å². The second-order valence-electron chi connectivity index (χ2n) is 8.71. The predicted molar refractivity (Wildman–Crippen MR) is 119 cm³/mol. The number of alkyl halides is 3. The molecule has 4 rings (SSSR count). The Hall–Kier alpha value is -3.37. The third kappa shape index (κ3) is 5.23. The van der Waals surface area contributed by atoms with E-state index in [1.807, 2.05) is 49.9 Å². The van der Waals surface area contributed by atoms with Crippen LogP contribution in [0.15, 0.2) is 36.4 Å². The lowest BCUT2D eigenvalue weighted by molar-refractivity contribution is -0.146. The van der Waals surface area contributed by atoms with Gasteiger partial charge in [-0.3, -0.25) is 4.79 Å². The molecule has 1 aromatic carbocycles. The minimum Gasteiger partial charge on any atom is -0.491 e. The molecular weight excluding hydrogens is 449 g/mol. The minimum atomic E-state index is -4.65. The topological polar surface area (TPSA) is 84.6 Å². The molecule has 1 saturated heterocycles. The van der Waals surface area contributed by atoms with E-state index in [2.05, 4.69) is 20.6 Å². The van der Waals surface area contributed by atoms with Gasteiger partial charge in [-0.05, 0) is 63.4 Å². The van der Waals surface area contributed by atoms with E-state index in [1.165, 1.54) is 6.07 Å². The van der Waals surface area contributed by atoms with Crippen LogP contribution in [0.3, 0.4) is 0 Å². The van der Waals surface area contributed by atoms with Gasteiger partial charge in [-0.1, -0.05) is 12.1 Å². The molecule has 182 valence electrons. The number of halogens is 3. The van der Waals surface area contributed by atoms with Gasteiger partial charge in [0, 0.05) is 19.0 Å². The highest BCUT2D eigenvalue weighted by atomic mass is 19.4. The first-order valence-corrected chi connectivity index (χ1v) is 11.2. The standard InChI is InChI=1S/C23H27F3N6O2/c1-14(2)34-18-6-4-5-17(13-18)15(3)27-21(33)16-9-11-31(12-10-16)20-8-7-19-28-29-22(23(24,25)26)32(19)30-20/h4-8,13-16H,9-12H2,1-3H3,(H,27,33). The largest absolute Gasteiger partial charge is 0.491 e. The van der Waals surface area contributed by atoms with Gasteiger partial charge in [0.1, 0.15) is 11.6 Å². The van der Waals surface area contributed by atoms with Gasteiger partial charge in [-0.15, -0.1) is 15.3 Å². The molecule has 0 aliphatic carbocycles. The summed E-state index contributed by atoms with van der Waals surface area (Å²) in [5, 5.41) is 13.9. The number of aromatic nitrogens is 4. The number of ether oxygens (including phenoxy) is 1. The van der Waals surface area contributed by atoms with Gasteiger partial charge in [0.15, 0.2) is 5.65 Å². The number of fused-ring (bicyclic) bond motifs is 1. The third-order valence-electron chi connectivity index (χ3n) is 5.78. The molecule has 0 bridgehead atoms. The highest BCUT2D eigenvalue weighted by Gasteiger charge is 2.38. The molecule has 1 fully saturated rings. The van der Waals surface area contributed by atoms with Crippen molar-refractivity contribution < 1.29 is 22.7 Å². The first kappa shape index (κ1) is 23.8. The zero-order valence-corrected chi connectivity index (χ0v) is 19.2. The quantitative estimate of drug-likeness (QED) is 0.579. The summed E-state index contributed by atoms with van der Waals surface area (Å²) in [6.45, 7) is 6.86. The molecule has 1 aliphatic heterocycles. The zero-order chi connectivity index (χ0) is 24.5. The smallest absolute Gasteiger partial charge is 0.453 e. The Kier molecular flexibility index (Phi) is 6.63. The summed E-state index contributed by atoms with van der Waals surface area (Å²) >= 11 is 0. The number of carbonyl (C=O) groups excluding carboxylic acids is 1. The van der Waals surface area contributed by atoms with E-state index in [0.717, 1.165) is 11.3 Å². The summed E-state index contributed by atoms with van der Waals surface area (Å²) in [6, 6.07) is 10.6. The Morgan fingerprint density at radius 3 is 2.53 bits per heavy atom. The maximum Gasteiger partial charge on any atom is 0.453 e. The number of amides is 1. The van der Waals surface area contributed by atoms with Gasteiger partial charge in [-0.25, -0.2) is 0 Å². The Balaban J connectivity index is 1.37. The summed E-state index contributed by atoms with van der Waals surface area (Å²) in [5.41, 5.74) is 0.984. The Labute approximate surface area is 195 Å². The third-order valence-corrected chi connectivity index (χ3v) is 5.78. The second kappa shape index (κ2) is 9.47. The highest BCUT2D eigenvalue weighted by Crippen LogP contribution is 2.29. The molecular formula is C23H27F3N6O2. The molecule has 8 nitrogen and oxygen atoms in total. The molecule has 1 atom stereocenters. The average Bonchev–Trinajstić information content (AvgIpc) is 3.23. The van der Waals surface area contributed by atoms with Crippen LogP contribution in [0.2, 0.25) is 0 Å². The number of nitrogens with one attached hydrogen (secondary N) is 1. The first-order chi connectivity index (χ1) is 16.1. The zero-order valence-electron chi connectivity index (χ0n) is 19.2. The molecule has 0 saturated carbocycles. The predicted octanol–water partition coefficient (Wildman–Crippen LogP) is 4.02. The van der Waals surface area contributed by atoms with E-state index in [9.17, 15) is 18.0 Å². The van der Waals surface area contributed by atoms with Crippen molar-refractivity contribution in [2.24, 2.45) is 5.92 Å². The van der Waals surface area contributed by atoms with Crippen molar-refractivity contribution in [2.45, 2.75) is 51.9 Å². The number of rotatable bonds is 6. The summed E-state index contributed by atoms with van der Waals surface area (Å²) in [7, 11) is 0. The van der Waals surface area contributed by atoms with E-state index in [-0.39, 0.29) is 29.6 Å². The van der Waals surface area contributed by atoms with Crippen molar-refractivity contribution in [3.05, 3.63) is 47.8 Å². The summed E-state index contributed by atoms with van der Waals surface area (Å²) < 4.78 is 45.9. The summed E-state index contributed by atoms with van der Waals surface area (Å²) in [6.07, 6.45) is -3.44. The van der Waals surface area contributed by atoms with Crippen LogP contribution in [0, 0.1) is 5.92 Å². The lowest BCUT2D eigenvalue weighted by Gasteiger charge is -2.32. The molecule has 1 aliphatic rings. The van der Waals surface area contributed by atoms with Crippen LogP contribution in [0.4, 0.5) is 19.0 Å². The molecule has 1 unspecified atom stereocenters. The molecule has 0 radical (unpaired) electrons. The van der Waals surface area contributed by atoms with Gasteiger partial charge in [0.25, 0.3) is 5.82 Å². The van der Waals surface area contributed by atoms with Crippen molar-refractivity contribution in [1.29, 1.82) is 0 Å². The van der Waals surface area contributed by atoms with Gasteiger partial charge in [0.05, 0.1) is 12.1 Å². The maximum absolute atomic E-state index is 13.1. The number of hydrogen-bond acceptors (Lipinski definition) is 6. The summed E-state index contributed by atoms with van der Waals surface area (Å²) in [4.78, 5) is 14.7. The number of nitrogens with zero attached hydrogens (tertiary/aromatic N) is 5. The minimum absolute atomic E-state index is 0.0298. The van der Waals surface area contributed by atoms with Crippen molar-refractivity contribution in [3.63, 3.8) is 0 Å². The Morgan fingerprint density at radius 1 is 1.12 bits per heavy atom. The van der Waals surface area contributed by atoms with Crippen LogP contribution in [0.1, 0.15) is 51.0 Å². The number of hydrogen-bond donors (Lipinski definition) is 1. The lowest BCUT2D eigenvalue weighted by atomic mass is 9.95. The fourth-order valence-corrected chi connectivity index (χ4v) is 4.04. The number of carbonyl (C=O) groups is 1. The molecule has 3 aromatic rings. The highest BCUT2D eigenvalue weighted by molar-refractivity contribution is 5.79. The molecule has 11 heteroatoms. The fraction of sp³-hybridized carbons (Fsp3) is 0.478. The molecule has 3 heterocycles. The van der Waals surface area contributed by atoms with Crippen molar-refractivity contribution in [1.82, 2.24) is 25.1 Å². The van der Waals surface area contributed by atoms with Crippen molar-refractivity contribution >= 4 is 17.4 Å². The van der Waals surface area contributed by atoms with Crippen molar-refractivity contribution in [2.75, 3.05) is 18.0 Å². The van der Waals surface area contributed by atoms with Crippen LogP contribution in [-0.4, -0.2) is 44.9 Å². The first-order valence-electron chi connectivity index (χ1n) is 11.2. The van der Waals surface area contributed by atoms with E-state index < -0.39 is 12.0 Å². The fourth-order valence-electron chi connectivity index (χ4n) is 4.04. The normalized spacial score (nSPS) is 16.1. The van der Waals surface area contributed by atoms with Crippen LogP contribution in [-0.2, 0) is 11.0 Å².